The van der Waals surface area contributed by atoms with Crippen LogP contribution in [0.15, 0.2) is 33.9 Å². The second kappa shape index (κ2) is 6.10. The molecule has 98 valence electrons. The molecule has 0 amide bonds. The lowest BCUT2D eigenvalue weighted by Gasteiger charge is -2.00. The maximum absolute atomic E-state index is 5.43. The Balaban J connectivity index is 1.91. The molecule has 0 bridgehead atoms. The molecule has 0 saturated carbocycles. The van der Waals surface area contributed by atoms with Crippen molar-refractivity contribution in [3.63, 3.8) is 0 Å². The summed E-state index contributed by atoms with van der Waals surface area (Å²) in [5.41, 5.74) is 11.8. The molecule has 0 unspecified atom stereocenters. The van der Waals surface area contributed by atoms with Crippen LogP contribution in [0, 0.1) is 0 Å². The van der Waals surface area contributed by atoms with Gasteiger partial charge in [0.25, 0.3) is 0 Å². The van der Waals surface area contributed by atoms with Gasteiger partial charge in [0.1, 0.15) is 0 Å². The zero-order valence-corrected chi connectivity index (χ0v) is 11.4. The number of anilines is 2. The Kier molecular flexibility index (Phi) is 4.24. The lowest BCUT2D eigenvalue weighted by Crippen LogP contribution is -2.07. The van der Waals surface area contributed by atoms with Crippen LogP contribution in [-0.2, 0) is 11.4 Å². The molecule has 1 heterocycles. The Morgan fingerprint density at radius 2 is 1.74 bits per heavy atom. The van der Waals surface area contributed by atoms with Crippen molar-refractivity contribution in [2.75, 3.05) is 11.5 Å². The van der Waals surface area contributed by atoms with E-state index in [1.807, 2.05) is 24.3 Å². The average molecular weight is 323 g/mol. The summed E-state index contributed by atoms with van der Waals surface area (Å²) < 4.78 is 1.00. The first kappa shape index (κ1) is 13.2. The molecule has 19 heavy (non-hydrogen) atoms. The molecule has 0 aliphatic heterocycles. The van der Waals surface area contributed by atoms with Gasteiger partial charge in [-0.2, -0.15) is 15.0 Å². The van der Waals surface area contributed by atoms with E-state index in [1.54, 1.807) is 6.21 Å². The number of halogens is 1. The molecule has 0 saturated heterocycles. The van der Waals surface area contributed by atoms with Gasteiger partial charge in [0.15, 0.2) is 12.4 Å². The minimum Gasteiger partial charge on any atom is -0.388 e. The van der Waals surface area contributed by atoms with Gasteiger partial charge in [-0.3, -0.25) is 0 Å². The van der Waals surface area contributed by atoms with Gasteiger partial charge in [-0.05, 0) is 17.7 Å². The van der Waals surface area contributed by atoms with Crippen molar-refractivity contribution in [1.82, 2.24) is 15.0 Å². The first-order chi connectivity index (χ1) is 9.13. The van der Waals surface area contributed by atoms with E-state index >= 15 is 0 Å². The van der Waals surface area contributed by atoms with Gasteiger partial charge >= 0.3 is 0 Å². The number of nitrogens with two attached hydrogens (primary N) is 2. The predicted octanol–water partition coefficient (Wildman–Crippen LogP) is 1.35. The summed E-state index contributed by atoms with van der Waals surface area (Å²) in [6, 6.07) is 7.62. The summed E-state index contributed by atoms with van der Waals surface area (Å²) in [6.45, 7) is 0.0734. The van der Waals surface area contributed by atoms with Gasteiger partial charge in [0.2, 0.25) is 11.9 Å². The monoisotopic (exact) mass is 322 g/mol. The Morgan fingerprint density at radius 1 is 1.11 bits per heavy atom. The fourth-order valence-corrected chi connectivity index (χ4v) is 1.53. The van der Waals surface area contributed by atoms with Crippen LogP contribution in [0.4, 0.5) is 11.9 Å². The number of rotatable bonds is 4. The molecule has 8 heteroatoms. The van der Waals surface area contributed by atoms with Crippen LogP contribution in [0.3, 0.4) is 0 Å². The highest BCUT2D eigenvalue weighted by atomic mass is 79.9. The number of hydrogen-bond acceptors (Lipinski definition) is 7. The molecule has 1 aromatic carbocycles. The molecule has 0 aliphatic rings. The molecule has 4 N–H and O–H groups in total. The van der Waals surface area contributed by atoms with Crippen molar-refractivity contribution in [2.45, 2.75) is 6.61 Å². The number of nitrogens with zero attached hydrogens (tertiary/aromatic N) is 4. The molecular formula is C11H11BrN6O. The van der Waals surface area contributed by atoms with E-state index in [0.717, 1.165) is 10.0 Å². The summed E-state index contributed by atoms with van der Waals surface area (Å²) in [5, 5.41) is 3.80. The fourth-order valence-electron chi connectivity index (χ4n) is 1.26. The summed E-state index contributed by atoms with van der Waals surface area (Å²) in [6.07, 6.45) is 1.58. The van der Waals surface area contributed by atoms with Crippen molar-refractivity contribution in [2.24, 2.45) is 5.16 Å². The van der Waals surface area contributed by atoms with Gasteiger partial charge in [-0.25, -0.2) is 0 Å². The smallest absolute Gasteiger partial charge is 0.225 e. The second-order valence-corrected chi connectivity index (χ2v) is 4.44. The Morgan fingerprint density at radius 3 is 2.37 bits per heavy atom. The molecular weight excluding hydrogens is 312 g/mol. The highest BCUT2D eigenvalue weighted by molar-refractivity contribution is 9.10. The average Bonchev–Trinajstić information content (AvgIpc) is 2.36. The van der Waals surface area contributed by atoms with E-state index in [9.17, 15) is 0 Å². The third-order valence-corrected chi connectivity index (χ3v) is 2.58. The molecule has 7 nitrogen and oxygen atoms in total. The highest BCUT2D eigenvalue weighted by Gasteiger charge is 2.01. The molecule has 2 aromatic rings. The van der Waals surface area contributed by atoms with E-state index in [2.05, 4.69) is 36.0 Å². The summed E-state index contributed by atoms with van der Waals surface area (Å²) in [5.74, 6) is 0.448. The Bertz CT molecular complexity index is 566. The Hall–Kier alpha value is -2.22. The van der Waals surface area contributed by atoms with Crippen molar-refractivity contribution in [1.29, 1.82) is 0 Å². The Labute approximate surface area is 117 Å². The standard InChI is InChI=1S/C11H11BrN6O/c12-8-3-1-7(2-4-8)5-15-19-6-9-16-10(13)18-11(14)17-9/h1-5H,6H2,(H4,13,14,16,17,18)/b15-5-. The molecule has 0 aliphatic carbocycles. The van der Waals surface area contributed by atoms with Gasteiger partial charge in [0.05, 0.1) is 6.21 Å². The topological polar surface area (TPSA) is 112 Å². The van der Waals surface area contributed by atoms with E-state index < -0.39 is 0 Å². The summed E-state index contributed by atoms with van der Waals surface area (Å²) in [4.78, 5) is 16.4. The van der Waals surface area contributed by atoms with Crippen LogP contribution in [0.2, 0.25) is 0 Å². The van der Waals surface area contributed by atoms with E-state index in [4.69, 9.17) is 16.3 Å². The number of nitrogen functional groups attached to an aromatic ring is 2. The van der Waals surface area contributed by atoms with Crippen LogP contribution < -0.4 is 11.5 Å². The maximum atomic E-state index is 5.43. The van der Waals surface area contributed by atoms with Crippen LogP contribution >= 0.6 is 15.9 Å². The van der Waals surface area contributed by atoms with Crippen molar-refractivity contribution >= 4 is 34.0 Å². The van der Waals surface area contributed by atoms with Crippen molar-refractivity contribution in [3.8, 4) is 0 Å². The number of hydrogen-bond donors (Lipinski definition) is 2. The van der Waals surface area contributed by atoms with Crippen molar-refractivity contribution in [3.05, 3.63) is 40.1 Å². The van der Waals surface area contributed by atoms with E-state index in [0.29, 0.717) is 5.82 Å². The number of oxime groups is 1. The lowest BCUT2D eigenvalue weighted by atomic mass is 10.2. The van der Waals surface area contributed by atoms with Crippen molar-refractivity contribution < 1.29 is 4.84 Å². The molecule has 0 fully saturated rings. The number of aromatic nitrogens is 3. The third-order valence-electron chi connectivity index (χ3n) is 2.06. The SMILES string of the molecule is Nc1nc(N)nc(CO/N=C\c2ccc(Br)cc2)n1. The number of benzene rings is 1. The van der Waals surface area contributed by atoms with Gasteiger partial charge in [0, 0.05) is 4.47 Å². The summed E-state index contributed by atoms with van der Waals surface area (Å²) in [7, 11) is 0. The van der Waals surface area contributed by atoms with Crippen LogP contribution in [0.5, 0.6) is 0 Å². The fraction of sp³-hybridized carbons (Fsp3) is 0.0909. The molecule has 2 rings (SSSR count). The molecule has 0 atom stereocenters. The molecule has 0 radical (unpaired) electrons. The predicted molar refractivity (Wildman–Crippen MR) is 75.2 cm³/mol. The molecule has 1 aromatic heterocycles. The zero-order chi connectivity index (χ0) is 13.7. The zero-order valence-electron chi connectivity index (χ0n) is 9.82. The van der Waals surface area contributed by atoms with Crippen LogP contribution in [0.1, 0.15) is 11.4 Å². The van der Waals surface area contributed by atoms with Crippen LogP contribution in [-0.4, -0.2) is 21.2 Å². The highest BCUT2D eigenvalue weighted by Crippen LogP contribution is 2.09. The summed E-state index contributed by atoms with van der Waals surface area (Å²) >= 11 is 3.35. The third kappa shape index (κ3) is 4.18. The van der Waals surface area contributed by atoms with E-state index in [1.165, 1.54) is 0 Å². The first-order valence-corrected chi connectivity index (χ1v) is 6.09. The first-order valence-electron chi connectivity index (χ1n) is 5.30. The largest absolute Gasteiger partial charge is 0.388 e. The van der Waals surface area contributed by atoms with Gasteiger partial charge < -0.3 is 16.3 Å². The lowest BCUT2D eigenvalue weighted by molar-refractivity contribution is 0.126. The second-order valence-electron chi connectivity index (χ2n) is 3.53. The van der Waals surface area contributed by atoms with Gasteiger partial charge in [-0.15, -0.1) is 0 Å². The van der Waals surface area contributed by atoms with Gasteiger partial charge in [-0.1, -0.05) is 33.2 Å². The molecule has 0 spiro atoms. The maximum Gasteiger partial charge on any atom is 0.225 e. The minimum absolute atomic E-state index is 0.0583. The van der Waals surface area contributed by atoms with E-state index in [-0.39, 0.29) is 18.5 Å². The van der Waals surface area contributed by atoms with Crippen LogP contribution in [0.25, 0.3) is 0 Å². The minimum atomic E-state index is 0.0583. The normalized spacial score (nSPS) is 10.8. The quantitative estimate of drug-likeness (QED) is 0.649.